The van der Waals surface area contributed by atoms with Gasteiger partial charge in [-0.15, -0.1) is 0 Å². The van der Waals surface area contributed by atoms with Gasteiger partial charge in [-0.05, 0) is 19.8 Å². The predicted octanol–water partition coefficient (Wildman–Crippen LogP) is 0.575. The Morgan fingerprint density at radius 2 is 1.82 bits per heavy atom. The number of nitrogens with one attached hydrogen (secondary N) is 2. The minimum atomic E-state index is -3.18. The van der Waals surface area contributed by atoms with E-state index < -0.39 is 15.6 Å². The van der Waals surface area contributed by atoms with Crippen LogP contribution in [-0.2, 0) is 14.8 Å². The molecule has 0 heterocycles. The zero-order valence-electron chi connectivity index (χ0n) is 11.7. The lowest BCUT2D eigenvalue weighted by atomic mass is 10.0. The Bertz CT molecular complexity index is 313. The average Bonchev–Trinajstić information content (AvgIpc) is 2.07. The SMILES string of the molecule is COCC(NCC(C)(C)NS(C)(=O)=O)C(C)C. The van der Waals surface area contributed by atoms with E-state index in [-0.39, 0.29) is 6.04 Å². The summed E-state index contributed by atoms with van der Waals surface area (Å²) in [5.74, 6) is 0.434. The quantitative estimate of drug-likeness (QED) is 0.674. The fourth-order valence-corrected chi connectivity index (χ4v) is 2.67. The lowest BCUT2D eigenvalue weighted by molar-refractivity contribution is 0.143. The Kier molecular flexibility index (Phi) is 6.61. The van der Waals surface area contributed by atoms with Gasteiger partial charge in [0.1, 0.15) is 0 Å². The molecule has 1 unspecified atom stereocenters. The fourth-order valence-electron chi connectivity index (χ4n) is 1.59. The molecule has 1 atom stereocenters. The molecule has 104 valence electrons. The van der Waals surface area contributed by atoms with Crippen LogP contribution in [0.5, 0.6) is 0 Å². The van der Waals surface area contributed by atoms with Crippen LogP contribution in [0.1, 0.15) is 27.7 Å². The van der Waals surface area contributed by atoms with Gasteiger partial charge in [0.2, 0.25) is 10.0 Å². The number of hydrogen-bond donors (Lipinski definition) is 2. The second-order valence-corrected chi connectivity index (χ2v) is 7.19. The van der Waals surface area contributed by atoms with Crippen molar-refractivity contribution >= 4 is 10.0 Å². The lowest BCUT2D eigenvalue weighted by Crippen LogP contribution is -2.53. The van der Waals surface area contributed by atoms with Crippen molar-refractivity contribution in [1.82, 2.24) is 10.0 Å². The first-order chi connectivity index (χ1) is 7.57. The van der Waals surface area contributed by atoms with Crippen molar-refractivity contribution in [3.63, 3.8) is 0 Å². The van der Waals surface area contributed by atoms with Gasteiger partial charge >= 0.3 is 0 Å². The van der Waals surface area contributed by atoms with Crippen LogP contribution in [-0.4, -0.2) is 46.5 Å². The van der Waals surface area contributed by atoms with Gasteiger partial charge in [0.05, 0.1) is 12.9 Å². The second kappa shape index (κ2) is 6.68. The minimum Gasteiger partial charge on any atom is -0.383 e. The summed E-state index contributed by atoms with van der Waals surface area (Å²) in [5, 5.41) is 3.33. The van der Waals surface area contributed by atoms with Crippen molar-refractivity contribution in [2.24, 2.45) is 5.92 Å². The molecule has 0 aliphatic carbocycles. The monoisotopic (exact) mass is 266 g/mol. The van der Waals surface area contributed by atoms with Crippen LogP contribution in [0.4, 0.5) is 0 Å². The van der Waals surface area contributed by atoms with E-state index in [4.69, 9.17) is 4.74 Å². The summed E-state index contributed by atoms with van der Waals surface area (Å²) in [4.78, 5) is 0. The van der Waals surface area contributed by atoms with Crippen LogP contribution < -0.4 is 10.0 Å². The first kappa shape index (κ1) is 16.8. The van der Waals surface area contributed by atoms with Crippen LogP contribution in [0.2, 0.25) is 0 Å². The highest BCUT2D eigenvalue weighted by molar-refractivity contribution is 7.88. The number of sulfonamides is 1. The van der Waals surface area contributed by atoms with Gasteiger partial charge < -0.3 is 10.1 Å². The molecule has 0 amide bonds. The fraction of sp³-hybridized carbons (Fsp3) is 1.00. The third kappa shape index (κ3) is 8.54. The van der Waals surface area contributed by atoms with Crippen molar-refractivity contribution in [2.45, 2.75) is 39.3 Å². The van der Waals surface area contributed by atoms with Crippen molar-refractivity contribution < 1.29 is 13.2 Å². The third-order valence-corrected chi connectivity index (χ3v) is 3.34. The van der Waals surface area contributed by atoms with Crippen LogP contribution in [0.15, 0.2) is 0 Å². The standard InChI is InChI=1S/C11H26N2O3S/c1-9(2)10(7-16-5)12-8-11(3,4)13-17(6,14)15/h9-10,12-13H,7-8H2,1-6H3. The molecule has 6 heteroatoms. The van der Waals surface area contributed by atoms with E-state index in [1.165, 1.54) is 6.26 Å². The molecule has 0 radical (unpaired) electrons. The molecule has 0 aliphatic heterocycles. The highest BCUT2D eigenvalue weighted by Crippen LogP contribution is 2.06. The number of ether oxygens (including phenoxy) is 1. The zero-order chi connectivity index (χ0) is 13.7. The van der Waals surface area contributed by atoms with Gasteiger partial charge in [0.15, 0.2) is 0 Å². The molecule has 0 aromatic rings. The molecular formula is C11H26N2O3S. The van der Waals surface area contributed by atoms with Crippen LogP contribution in [0.3, 0.4) is 0 Å². The maximum Gasteiger partial charge on any atom is 0.209 e. The number of hydrogen-bond acceptors (Lipinski definition) is 4. The van der Waals surface area contributed by atoms with Gasteiger partial charge in [0.25, 0.3) is 0 Å². The highest BCUT2D eigenvalue weighted by Gasteiger charge is 2.24. The lowest BCUT2D eigenvalue weighted by Gasteiger charge is -2.30. The average molecular weight is 266 g/mol. The molecule has 17 heavy (non-hydrogen) atoms. The normalized spacial score (nSPS) is 15.2. The maximum atomic E-state index is 11.2. The van der Waals surface area contributed by atoms with Crippen molar-refractivity contribution in [3.8, 4) is 0 Å². The third-order valence-electron chi connectivity index (χ3n) is 2.42. The highest BCUT2D eigenvalue weighted by atomic mass is 32.2. The Labute approximate surface area is 105 Å². The summed E-state index contributed by atoms with van der Waals surface area (Å²) in [6.07, 6.45) is 1.17. The van der Waals surface area contributed by atoms with E-state index in [1.54, 1.807) is 7.11 Å². The maximum absolute atomic E-state index is 11.2. The van der Waals surface area contributed by atoms with Crippen molar-refractivity contribution in [2.75, 3.05) is 26.5 Å². The molecule has 0 bridgehead atoms. The van der Waals surface area contributed by atoms with Gasteiger partial charge in [-0.1, -0.05) is 13.8 Å². The number of methoxy groups -OCH3 is 1. The van der Waals surface area contributed by atoms with Crippen molar-refractivity contribution in [3.05, 3.63) is 0 Å². The number of rotatable bonds is 8. The molecule has 0 saturated carbocycles. The molecule has 0 aromatic carbocycles. The summed E-state index contributed by atoms with van der Waals surface area (Å²) >= 11 is 0. The van der Waals surface area contributed by atoms with Crippen molar-refractivity contribution in [1.29, 1.82) is 0 Å². The summed E-state index contributed by atoms with van der Waals surface area (Å²) < 4.78 is 30.1. The van der Waals surface area contributed by atoms with E-state index in [9.17, 15) is 8.42 Å². The summed E-state index contributed by atoms with van der Waals surface area (Å²) in [6, 6.07) is 0.223. The molecule has 2 N–H and O–H groups in total. The first-order valence-electron chi connectivity index (χ1n) is 5.78. The Morgan fingerprint density at radius 1 is 1.29 bits per heavy atom. The van der Waals surface area contributed by atoms with Gasteiger partial charge in [0, 0.05) is 25.2 Å². The predicted molar refractivity (Wildman–Crippen MR) is 70.6 cm³/mol. The van der Waals surface area contributed by atoms with E-state index in [2.05, 4.69) is 23.9 Å². The molecule has 0 rings (SSSR count). The Balaban J connectivity index is 4.32. The van der Waals surface area contributed by atoms with Crippen LogP contribution >= 0.6 is 0 Å². The molecular weight excluding hydrogens is 240 g/mol. The molecule has 0 aromatic heterocycles. The van der Waals surface area contributed by atoms with Gasteiger partial charge in [-0.2, -0.15) is 0 Å². The van der Waals surface area contributed by atoms with E-state index in [1.807, 2.05) is 13.8 Å². The molecule has 5 nitrogen and oxygen atoms in total. The summed E-state index contributed by atoms with van der Waals surface area (Å²) in [7, 11) is -1.52. The van der Waals surface area contributed by atoms with Gasteiger partial charge in [-0.25, -0.2) is 13.1 Å². The van der Waals surface area contributed by atoms with Crippen LogP contribution in [0, 0.1) is 5.92 Å². The molecule has 0 aliphatic rings. The van der Waals surface area contributed by atoms with Gasteiger partial charge in [-0.3, -0.25) is 0 Å². The molecule has 0 fully saturated rings. The Hall–Kier alpha value is -0.170. The van der Waals surface area contributed by atoms with Crippen LogP contribution in [0.25, 0.3) is 0 Å². The summed E-state index contributed by atoms with van der Waals surface area (Å²) in [6.45, 7) is 9.09. The summed E-state index contributed by atoms with van der Waals surface area (Å²) in [5.41, 5.74) is -0.505. The minimum absolute atomic E-state index is 0.223. The smallest absolute Gasteiger partial charge is 0.209 e. The Morgan fingerprint density at radius 3 is 2.18 bits per heavy atom. The molecule has 0 saturated heterocycles. The largest absolute Gasteiger partial charge is 0.383 e. The topological polar surface area (TPSA) is 67.4 Å². The first-order valence-corrected chi connectivity index (χ1v) is 7.68. The zero-order valence-corrected chi connectivity index (χ0v) is 12.5. The van der Waals surface area contributed by atoms with E-state index in [0.717, 1.165) is 0 Å². The second-order valence-electron chi connectivity index (χ2n) is 5.44. The van der Waals surface area contributed by atoms with E-state index in [0.29, 0.717) is 19.1 Å². The van der Waals surface area contributed by atoms with E-state index >= 15 is 0 Å². The molecule has 0 spiro atoms.